The number of nitrogens with zero attached hydrogens (tertiary/aromatic N) is 1. The summed E-state index contributed by atoms with van der Waals surface area (Å²) in [5.41, 5.74) is -0.102. The zero-order chi connectivity index (χ0) is 15.7. The first-order valence-corrected chi connectivity index (χ1v) is 7.55. The molecule has 1 unspecified atom stereocenters. The van der Waals surface area contributed by atoms with Gasteiger partial charge in [-0.1, -0.05) is 34.6 Å². The summed E-state index contributed by atoms with van der Waals surface area (Å²) in [6.45, 7) is 15.2. The second kappa shape index (κ2) is 5.74. The van der Waals surface area contributed by atoms with E-state index >= 15 is 0 Å². The molecule has 0 saturated carbocycles. The van der Waals surface area contributed by atoms with E-state index in [1.54, 1.807) is 0 Å². The van der Waals surface area contributed by atoms with Crippen LogP contribution in [0.5, 0.6) is 0 Å². The van der Waals surface area contributed by atoms with Gasteiger partial charge in [-0.15, -0.1) is 0 Å². The lowest BCUT2D eigenvalue weighted by atomic mass is 9.80. The highest BCUT2D eigenvalue weighted by molar-refractivity contribution is 5.90. The summed E-state index contributed by atoms with van der Waals surface area (Å²) < 4.78 is 0. The topological polar surface area (TPSA) is 49.4 Å². The molecule has 1 fully saturated rings. The Morgan fingerprint density at radius 1 is 1.20 bits per heavy atom. The molecule has 1 saturated heterocycles. The Morgan fingerprint density at radius 3 is 2.20 bits per heavy atom. The Morgan fingerprint density at radius 2 is 1.75 bits per heavy atom. The van der Waals surface area contributed by atoms with Crippen LogP contribution in [0.2, 0.25) is 0 Å². The van der Waals surface area contributed by atoms with Crippen molar-refractivity contribution >= 4 is 11.8 Å². The molecule has 116 valence electrons. The molecule has 1 aliphatic heterocycles. The van der Waals surface area contributed by atoms with Crippen molar-refractivity contribution in [3.63, 3.8) is 0 Å². The fourth-order valence-corrected chi connectivity index (χ4v) is 3.24. The van der Waals surface area contributed by atoms with Crippen molar-refractivity contribution in [3.05, 3.63) is 0 Å². The van der Waals surface area contributed by atoms with Crippen LogP contribution in [0.1, 0.15) is 61.3 Å². The fraction of sp³-hybridized carbons (Fsp3) is 0.875. The first-order valence-electron chi connectivity index (χ1n) is 7.55. The van der Waals surface area contributed by atoms with E-state index in [1.165, 1.54) is 0 Å². The van der Waals surface area contributed by atoms with Gasteiger partial charge in [-0.3, -0.25) is 9.59 Å². The maximum atomic E-state index is 12.8. The molecule has 1 N–H and O–H groups in total. The number of carbonyl (C=O) groups excluding carboxylic acids is 2. The average molecular weight is 282 g/mol. The maximum absolute atomic E-state index is 12.8. The Balaban J connectivity index is 3.02. The summed E-state index contributed by atoms with van der Waals surface area (Å²) in [5, 5.41) is 2.86. The molecule has 4 heteroatoms. The number of nitrogens with one attached hydrogen (secondary N) is 1. The lowest BCUT2D eigenvalue weighted by Crippen LogP contribution is -2.55. The van der Waals surface area contributed by atoms with Crippen LogP contribution in [0.25, 0.3) is 0 Å². The molecule has 0 aromatic rings. The van der Waals surface area contributed by atoms with Crippen LogP contribution in [0.15, 0.2) is 0 Å². The number of hydrogen-bond acceptors (Lipinski definition) is 2. The lowest BCUT2D eigenvalue weighted by molar-refractivity contribution is -0.140. The van der Waals surface area contributed by atoms with Crippen LogP contribution >= 0.6 is 0 Å². The summed E-state index contributed by atoms with van der Waals surface area (Å²) in [7, 11) is 0. The Labute approximate surface area is 123 Å². The van der Waals surface area contributed by atoms with Gasteiger partial charge in [0.15, 0.2) is 0 Å². The summed E-state index contributed by atoms with van der Waals surface area (Å²) in [6.07, 6.45) is 1.30. The van der Waals surface area contributed by atoms with Gasteiger partial charge < -0.3 is 10.2 Å². The Hall–Kier alpha value is -1.06. The molecule has 4 nitrogen and oxygen atoms in total. The normalized spacial score (nSPS) is 22.0. The van der Waals surface area contributed by atoms with Crippen LogP contribution in [0.4, 0.5) is 0 Å². The molecule has 1 atom stereocenters. The minimum Gasteiger partial charge on any atom is -0.344 e. The van der Waals surface area contributed by atoms with Crippen molar-refractivity contribution < 1.29 is 9.59 Å². The predicted octanol–water partition coefficient (Wildman–Crippen LogP) is 2.57. The molecule has 1 aliphatic rings. The molecule has 1 rings (SSSR count). The smallest absolute Gasteiger partial charge is 0.245 e. The number of amides is 2. The van der Waals surface area contributed by atoms with Crippen LogP contribution < -0.4 is 5.32 Å². The summed E-state index contributed by atoms with van der Waals surface area (Å²) in [6, 6.07) is -0.399. The summed E-state index contributed by atoms with van der Waals surface area (Å²) in [4.78, 5) is 26.5. The van der Waals surface area contributed by atoms with Gasteiger partial charge in [0.1, 0.15) is 6.04 Å². The Kier molecular flexibility index (Phi) is 4.88. The molecule has 1 heterocycles. The third kappa shape index (κ3) is 4.22. The highest BCUT2D eigenvalue weighted by Gasteiger charge is 2.40. The standard InChI is InChI=1S/C16H30N2O2/c1-11(2)13-14(20)18(9-8-12(19)17-13)16(6,7)10-15(3,4)5/h11,13H,8-10H2,1-7H3,(H,17,19). The lowest BCUT2D eigenvalue weighted by Gasteiger charge is -2.43. The molecular formula is C16H30N2O2. The van der Waals surface area contributed by atoms with Crippen LogP contribution in [0, 0.1) is 11.3 Å². The van der Waals surface area contributed by atoms with E-state index < -0.39 is 6.04 Å². The molecule has 0 radical (unpaired) electrons. The monoisotopic (exact) mass is 282 g/mol. The van der Waals surface area contributed by atoms with Gasteiger partial charge in [-0.05, 0) is 31.6 Å². The van der Waals surface area contributed by atoms with Crippen LogP contribution in [-0.4, -0.2) is 34.8 Å². The van der Waals surface area contributed by atoms with E-state index in [-0.39, 0.29) is 28.7 Å². The molecule has 0 aromatic heterocycles. The second-order valence-corrected chi connectivity index (χ2v) is 8.08. The second-order valence-electron chi connectivity index (χ2n) is 8.08. The van der Waals surface area contributed by atoms with E-state index in [1.807, 2.05) is 18.7 Å². The van der Waals surface area contributed by atoms with E-state index in [0.29, 0.717) is 13.0 Å². The zero-order valence-corrected chi connectivity index (χ0v) is 14.0. The van der Waals surface area contributed by atoms with Crippen molar-refractivity contribution in [2.75, 3.05) is 6.54 Å². The molecule has 0 aromatic carbocycles. The molecule has 2 amide bonds. The van der Waals surface area contributed by atoms with Crippen molar-refractivity contribution in [2.24, 2.45) is 11.3 Å². The van der Waals surface area contributed by atoms with Gasteiger partial charge in [0.25, 0.3) is 0 Å². The van der Waals surface area contributed by atoms with Crippen molar-refractivity contribution in [1.29, 1.82) is 0 Å². The van der Waals surface area contributed by atoms with Crippen LogP contribution in [-0.2, 0) is 9.59 Å². The first-order chi connectivity index (χ1) is 8.94. The molecule has 20 heavy (non-hydrogen) atoms. The Bertz CT molecular complexity index is 380. The van der Waals surface area contributed by atoms with Gasteiger partial charge in [0, 0.05) is 18.5 Å². The van der Waals surface area contributed by atoms with E-state index in [9.17, 15) is 9.59 Å². The van der Waals surface area contributed by atoms with E-state index in [4.69, 9.17) is 0 Å². The SMILES string of the molecule is CC(C)C1NC(=O)CCN(C(C)(C)CC(C)(C)C)C1=O. The van der Waals surface area contributed by atoms with Crippen molar-refractivity contribution in [2.45, 2.75) is 72.9 Å². The molecular weight excluding hydrogens is 252 g/mol. The van der Waals surface area contributed by atoms with Gasteiger partial charge in [-0.2, -0.15) is 0 Å². The summed E-state index contributed by atoms with van der Waals surface area (Å²) in [5.74, 6) is 0.142. The number of hydrogen-bond donors (Lipinski definition) is 1. The van der Waals surface area contributed by atoms with Gasteiger partial charge in [-0.25, -0.2) is 0 Å². The molecule has 0 spiro atoms. The minimum atomic E-state index is -0.399. The highest BCUT2D eigenvalue weighted by atomic mass is 16.2. The number of carbonyl (C=O) groups is 2. The predicted molar refractivity (Wildman–Crippen MR) is 81.2 cm³/mol. The zero-order valence-electron chi connectivity index (χ0n) is 14.0. The van der Waals surface area contributed by atoms with Crippen LogP contribution in [0.3, 0.4) is 0 Å². The minimum absolute atomic E-state index is 0.0221. The highest BCUT2D eigenvalue weighted by Crippen LogP contribution is 2.32. The fourth-order valence-electron chi connectivity index (χ4n) is 3.24. The van der Waals surface area contributed by atoms with Gasteiger partial charge >= 0.3 is 0 Å². The maximum Gasteiger partial charge on any atom is 0.245 e. The summed E-state index contributed by atoms with van der Waals surface area (Å²) >= 11 is 0. The average Bonchev–Trinajstić information content (AvgIpc) is 2.35. The van der Waals surface area contributed by atoms with Crippen molar-refractivity contribution in [3.8, 4) is 0 Å². The van der Waals surface area contributed by atoms with E-state index in [0.717, 1.165) is 6.42 Å². The molecule has 0 aliphatic carbocycles. The van der Waals surface area contributed by atoms with E-state index in [2.05, 4.69) is 39.9 Å². The first kappa shape index (κ1) is 17.0. The third-order valence-electron chi connectivity index (χ3n) is 3.77. The largest absolute Gasteiger partial charge is 0.344 e. The van der Waals surface area contributed by atoms with Gasteiger partial charge in [0.2, 0.25) is 11.8 Å². The van der Waals surface area contributed by atoms with Gasteiger partial charge in [0.05, 0.1) is 0 Å². The number of rotatable bonds is 3. The third-order valence-corrected chi connectivity index (χ3v) is 3.77. The molecule has 0 bridgehead atoms. The van der Waals surface area contributed by atoms with Crippen molar-refractivity contribution in [1.82, 2.24) is 10.2 Å². The quantitative estimate of drug-likeness (QED) is 0.865.